The molecule has 1 heterocycles. The highest BCUT2D eigenvalue weighted by Crippen LogP contribution is 2.25. The normalized spacial score (nSPS) is 18.7. The van der Waals surface area contributed by atoms with Gasteiger partial charge in [0.05, 0.1) is 0 Å². The lowest BCUT2D eigenvalue weighted by molar-refractivity contribution is -0.122. The van der Waals surface area contributed by atoms with Gasteiger partial charge in [0, 0.05) is 24.1 Å². The average Bonchev–Trinajstić information content (AvgIpc) is 2.82. The number of nitrogens with one attached hydrogen (secondary N) is 3. The van der Waals surface area contributed by atoms with E-state index in [9.17, 15) is 14.4 Å². The molecule has 2 rings (SSSR count). The Kier molecular flexibility index (Phi) is 5.62. The van der Waals surface area contributed by atoms with Crippen molar-refractivity contribution in [2.45, 2.75) is 25.5 Å². The summed E-state index contributed by atoms with van der Waals surface area (Å²) >= 11 is 7.10. The van der Waals surface area contributed by atoms with Gasteiger partial charge in [-0.15, -0.1) is 5.10 Å². The SMILES string of the molecule is CC(=O)N/N=C1\NC(=O)[C@H](CC(=O)Nc2cccc(Cl)c2C)S1. The van der Waals surface area contributed by atoms with E-state index in [1.165, 1.54) is 6.92 Å². The predicted octanol–water partition coefficient (Wildman–Crippen LogP) is 1.62. The molecule has 3 N–H and O–H groups in total. The monoisotopic (exact) mass is 354 g/mol. The molecule has 122 valence electrons. The highest BCUT2D eigenvalue weighted by atomic mass is 35.5. The molecule has 1 aliphatic rings. The quantitative estimate of drug-likeness (QED) is 0.715. The Balaban J connectivity index is 1.95. The third-order valence-corrected chi connectivity index (χ3v) is 4.50. The number of hydrogen-bond donors (Lipinski definition) is 3. The molecule has 0 aromatic heterocycles. The number of amides is 3. The lowest BCUT2D eigenvalue weighted by Crippen LogP contribution is -2.29. The van der Waals surface area contributed by atoms with Crippen LogP contribution in [0.4, 0.5) is 5.69 Å². The number of halogens is 1. The topological polar surface area (TPSA) is 99.7 Å². The maximum absolute atomic E-state index is 12.1. The van der Waals surface area contributed by atoms with Crippen LogP contribution >= 0.6 is 23.4 Å². The van der Waals surface area contributed by atoms with Gasteiger partial charge in [0.1, 0.15) is 5.25 Å². The maximum Gasteiger partial charge on any atom is 0.240 e. The van der Waals surface area contributed by atoms with Gasteiger partial charge in [0.25, 0.3) is 0 Å². The van der Waals surface area contributed by atoms with Crippen LogP contribution in [0.5, 0.6) is 0 Å². The molecule has 1 aromatic rings. The van der Waals surface area contributed by atoms with Gasteiger partial charge in [-0.05, 0) is 24.6 Å². The number of hydrazone groups is 1. The van der Waals surface area contributed by atoms with Crippen molar-refractivity contribution in [1.29, 1.82) is 0 Å². The van der Waals surface area contributed by atoms with Gasteiger partial charge in [0.15, 0.2) is 5.17 Å². The van der Waals surface area contributed by atoms with Crippen LogP contribution in [0.15, 0.2) is 23.3 Å². The van der Waals surface area contributed by atoms with Crippen molar-refractivity contribution >= 4 is 51.9 Å². The van der Waals surface area contributed by atoms with E-state index in [4.69, 9.17) is 11.6 Å². The number of carbonyl (C=O) groups is 3. The van der Waals surface area contributed by atoms with Crippen molar-refractivity contribution in [3.05, 3.63) is 28.8 Å². The van der Waals surface area contributed by atoms with Gasteiger partial charge in [0.2, 0.25) is 17.7 Å². The molecule has 7 nitrogen and oxygen atoms in total. The molecule has 0 spiro atoms. The summed E-state index contributed by atoms with van der Waals surface area (Å²) in [6.07, 6.45) is -0.0124. The minimum absolute atomic E-state index is 0.0124. The summed E-state index contributed by atoms with van der Waals surface area (Å²) in [6.45, 7) is 3.11. The second kappa shape index (κ2) is 7.47. The highest BCUT2D eigenvalue weighted by Gasteiger charge is 2.32. The molecular weight excluding hydrogens is 340 g/mol. The van der Waals surface area contributed by atoms with Crippen molar-refractivity contribution in [2.24, 2.45) is 5.10 Å². The van der Waals surface area contributed by atoms with Crippen molar-refractivity contribution in [3.63, 3.8) is 0 Å². The van der Waals surface area contributed by atoms with E-state index in [1.807, 2.05) is 0 Å². The summed E-state index contributed by atoms with van der Waals surface area (Å²) in [6, 6.07) is 5.21. The number of benzene rings is 1. The molecule has 1 aliphatic heterocycles. The fraction of sp³-hybridized carbons (Fsp3) is 0.286. The zero-order valence-corrected chi connectivity index (χ0v) is 14.0. The smallest absolute Gasteiger partial charge is 0.240 e. The van der Waals surface area contributed by atoms with Gasteiger partial charge in [-0.3, -0.25) is 14.4 Å². The molecule has 0 unspecified atom stereocenters. The van der Waals surface area contributed by atoms with Crippen LogP contribution in [-0.4, -0.2) is 28.1 Å². The van der Waals surface area contributed by atoms with Gasteiger partial charge in [-0.2, -0.15) is 0 Å². The average molecular weight is 355 g/mol. The third kappa shape index (κ3) is 4.70. The molecule has 3 amide bonds. The zero-order chi connectivity index (χ0) is 17.0. The van der Waals surface area contributed by atoms with Crippen LogP contribution in [-0.2, 0) is 14.4 Å². The fourth-order valence-corrected chi connectivity index (χ4v) is 2.94. The van der Waals surface area contributed by atoms with Gasteiger partial charge in [-0.25, -0.2) is 5.43 Å². The summed E-state index contributed by atoms with van der Waals surface area (Å²) < 4.78 is 0. The van der Waals surface area contributed by atoms with Crippen LogP contribution in [0.1, 0.15) is 18.9 Å². The Hall–Kier alpha value is -2.06. The van der Waals surface area contributed by atoms with Crippen LogP contribution in [0.3, 0.4) is 0 Å². The lowest BCUT2D eigenvalue weighted by Gasteiger charge is -2.10. The number of amidine groups is 1. The Morgan fingerprint density at radius 3 is 2.87 bits per heavy atom. The van der Waals surface area contributed by atoms with E-state index in [1.54, 1.807) is 25.1 Å². The van der Waals surface area contributed by atoms with Crippen LogP contribution in [0.2, 0.25) is 5.02 Å². The summed E-state index contributed by atoms with van der Waals surface area (Å²) in [7, 11) is 0. The van der Waals surface area contributed by atoms with Crippen molar-refractivity contribution in [1.82, 2.24) is 10.7 Å². The van der Waals surface area contributed by atoms with Crippen LogP contribution in [0.25, 0.3) is 0 Å². The Bertz CT molecular complexity index is 693. The number of rotatable bonds is 4. The van der Waals surface area contributed by atoms with Gasteiger partial charge < -0.3 is 10.6 Å². The Morgan fingerprint density at radius 2 is 2.17 bits per heavy atom. The van der Waals surface area contributed by atoms with E-state index in [0.29, 0.717) is 10.7 Å². The minimum Gasteiger partial charge on any atom is -0.326 e. The molecule has 23 heavy (non-hydrogen) atoms. The Morgan fingerprint density at radius 1 is 1.43 bits per heavy atom. The Labute approximate surface area is 142 Å². The largest absolute Gasteiger partial charge is 0.326 e. The summed E-state index contributed by atoms with van der Waals surface area (Å²) in [5, 5.41) is 9.21. The predicted molar refractivity (Wildman–Crippen MR) is 90.2 cm³/mol. The standard InChI is InChI=1S/C14H15ClN4O3S/c1-7-9(15)4-3-5-10(7)16-12(21)6-11-13(22)17-14(23-11)19-18-8(2)20/h3-5,11H,6H2,1-2H3,(H,16,21)(H,18,20)(H,17,19,22)/t11-/m0/s1. The fourth-order valence-electron chi connectivity index (χ4n) is 1.83. The van der Waals surface area contributed by atoms with E-state index >= 15 is 0 Å². The first kappa shape index (κ1) is 17.3. The highest BCUT2D eigenvalue weighted by molar-refractivity contribution is 8.15. The lowest BCUT2D eigenvalue weighted by atomic mass is 10.2. The number of thioether (sulfide) groups is 1. The van der Waals surface area contributed by atoms with E-state index < -0.39 is 5.25 Å². The number of carbonyl (C=O) groups excluding carboxylic acids is 3. The summed E-state index contributed by atoms with van der Waals surface area (Å²) in [5.41, 5.74) is 3.61. The van der Waals surface area contributed by atoms with E-state index in [0.717, 1.165) is 17.3 Å². The second-order valence-electron chi connectivity index (χ2n) is 4.85. The first-order valence-electron chi connectivity index (χ1n) is 6.73. The number of hydrogen-bond acceptors (Lipinski definition) is 5. The first-order valence-corrected chi connectivity index (χ1v) is 7.99. The van der Waals surface area contributed by atoms with Crippen LogP contribution < -0.4 is 16.1 Å². The van der Waals surface area contributed by atoms with Crippen molar-refractivity contribution in [2.75, 3.05) is 5.32 Å². The van der Waals surface area contributed by atoms with Gasteiger partial charge in [-0.1, -0.05) is 29.4 Å². The summed E-state index contributed by atoms with van der Waals surface area (Å²) in [4.78, 5) is 34.7. The molecule has 1 aromatic carbocycles. The zero-order valence-electron chi connectivity index (χ0n) is 12.5. The molecule has 0 radical (unpaired) electrons. The van der Waals surface area contributed by atoms with Crippen LogP contribution in [0, 0.1) is 6.92 Å². The number of anilines is 1. The molecule has 1 fully saturated rings. The number of nitrogens with zero attached hydrogens (tertiary/aromatic N) is 1. The molecule has 9 heteroatoms. The maximum atomic E-state index is 12.1. The molecule has 0 bridgehead atoms. The van der Waals surface area contributed by atoms with E-state index in [-0.39, 0.29) is 29.3 Å². The van der Waals surface area contributed by atoms with E-state index in [2.05, 4.69) is 21.2 Å². The molecule has 1 atom stereocenters. The first-order chi connectivity index (χ1) is 10.9. The second-order valence-corrected chi connectivity index (χ2v) is 6.44. The molecule has 0 aliphatic carbocycles. The molecule has 0 saturated carbocycles. The van der Waals surface area contributed by atoms with Crippen molar-refractivity contribution in [3.8, 4) is 0 Å². The summed E-state index contributed by atoms with van der Waals surface area (Å²) in [5.74, 6) is -0.967. The molecular formula is C14H15ClN4O3S. The molecule has 1 saturated heterocycles. The third-order valence-electron chi connectivity index (χ3n) is 3.00. The van der Waals surface area contributed by atoms with Crippen molar-refractivity contribution < 1.29 is 14.4 Å². The van der Waals surface area contributed by atoms with Gasteiger partial charge >= 0.3 is 0 Å². The minimum atomic E-state index is -0.595.